The molecule has 0 unspecified atom stereocenters. The van der Waals surface area contributed by atoms with E-state index in [-0.39, 0.29) is 0 Å². The fraction of sp³-hybridized carbons (Fsp3) is 0.500. The van der Waals surface area contributed by atoms with E-state index in [1.54, 1.807) is 0 Å². The smallest absolute Gasteiger partial charge is 0.0729 e. The zero-order chi connectivity index (χ0) is 10.3. The van der Waals surface area contributed by atoms with Gasteiger partial charge in [0.2, 0.25) is 0 Å². The Labute approximate surface area is 90.6 Å². The molecular weight excluding hydrogens is 186 g/mol. The van der Waals surface area contributed by atoms with E-state index in [4.69, 9.17) is 0 Å². The number of nitrogens with one attached hydrogen (secondary N) is 1. The summed E-state index contributed by atoms with van der Waals surface area (Å²) in [4.78, 5) is 0. The summed E-state index contributed by atoms with van der Waals surface area (Å²) in [7, 11) is 0. The number of para-hydroxylation sites is 1. The molecule has 15 heavy (non-hydrogen) atoms. The summed E-state index contributed by atoms with van der Waals surface area (Å²) >= 11 is 0. The maximum absolute atomic E-state index is 4.29. The Kier molecular flexibility index (Phi) is 3.71. The highest BCUT2D eigenvalue weighted by Crippen LogP contribution is 2.20. The Balaban J connectivity index is 1.79. The molecule has 0 saturated heterocycles. The van der Waals surface area contributed by atoms with E-state index in [9.17, 15) is 0 Å². The highest BCUT2D eigenvalue weighted by atomic mass is 15.4. The van der Waals surface area contributed by atoms with Crippen LogP contribution in [0.25, 0.3) is 0 Å². The first-order valence-electron chi connectivity index (χ1n) is 5.66. The van der Waals surface area contributed by atoms with Crippen molar-refractivity contribution >= 4 is 5.69 Å². The lowest BCUT2D eigenvalue weighted by atomic mass is 9.96. The van der Waals surface area contributed by atoms with Crippen molar-refractivity contribution in [3.05, 3.63) is 30.3 Å². The van der Waals surface area contributed by atoms with Gasteiger partial charge in [0.05, 0.1) is 11.7 Å². The van der Waals surface area contributed by atoms with Crippen LogP contribution in [0.3, 0.4) is 0 Å². The van der Waals surface area contributed by atoms with E-state index in [0.29, 0.717) is 6.04 Å². The fourth-order valence-electron chi connectivity index (χ4n) is 1.88. The third kappa shape index (κ3) is 3.35. The largest absolute Gasteiger partial charge is 0.260 e. The maximum Gasteiger partial charge on any atom is 0.0729 e. The molecule has 1 N–H and O–H groups in total. The molecule has 0 amide bonds. The van der Waals surface area contributed by atoms with Crippen molar-refractivity contribution in [2.24, 2.45) is 10.3 Å². The SMILES string of the molecule is c1ccc(NN=NC2CCCCC2)cc1. The molecule has 0 aromatic heterocycles. The Morgan fingerprint density at radius 3 is 2.47 bits per heavy atom. The second-order valence-corrected chi connectivity index (χ2v) is 3.99. The van der Waals surface area contributed by atoms with Crippen molar-refractivity contribution in [3.8, 4) is 0 Å². The third-order valence-corrected chi connectivity index (χ3v) is 2.75. The molecule has 2 rings (SSSR count). The lowest BCUT2D eigenvalue weighted by Crippen LogP contribution is -2.09. The van der Waals surface area contributed by atoms with Crippen LogP contribution in [0.15, 0.2) is 40.7 Å². The Morgan fingerprint density at radius 1 is 1.00 bits per heavy atom. The summed E-state index contributed by atoms with van der Waals surface area (Å²) in [5, 5.41) is 8.33. The van der Waals surface area contributed by atoms with Crippen LogP contribution in [0.2, 0.25) is 0 Å². The molecule has 0 atom stereocenters. The van der Waals surface area contributed by atoms with Crippen LogP contribution in [0.1, 0.15) is 32.1 Å². The predicted octanol–water partition coefficient (Wildman–Crippen LogP) is 3.80. The van der Waals surface area contributed by atoms with Crippen LogP contribution in [-0.4, -0.2) is 6.04 Å². The molecule has 1 saturated carbocycles. The molecule has 3 nitrogen and oxygen atoms in total. The summed E-state index contributed by atoms with van der Waals surface area (Å²) < 4.78 is 0. The van der Waals surface area contributed by atoms with Crippen LogP contribution < -0.4 is 5.43 Å². The second kappa shape index (κ2) is 5.49. The number of rotatable bonds is 3. The molecule has 80 valence electrons. The van der Waals surface area contributed by atoms with Crippen LogP contribution in [0, 0.1) is 0 Å². The van der Waals surface area contributed by atoms with Crippen molar-refractivity contribution in [3.63, 3.8) is 0 Å². The molecule has 1 aliphatic carbocycles. The van der Waals surface area contributed by atoms with Crippen molar-refractivity contribution in [2.75, 3.05) is 5.43 Å². The van der Waals surface area contributed by atoms with Gasteiger partial charge < -0.3 is 0 Å². The normalized spacial score (nSPS) is 18.1. The van der Waals surface area contributed by atoms with E-state index < -0.39 is 0 Å². The zero-order valence-electron chi connectivity index (χ0n) is 8.89. The van der Waals surface area contributed by atoms with Gasteiger partial charge in [0.15, 0.2) is 0 Å². The van der Waals surface area contributed by atoms with E-state index in [0.717, 1.165) is 5.69 Å². The van der Waals surface area contributed by atoms with Gasteiger partial charge in [-0.2, -0.15) is 5.11 Å². The molecule has 1 aliphatic rings. The number of nitrogens with zero attached hydrogens (tertiary/aromatic N) is 2. The Hall–Kier alpha value is -1.38. The molecule has 0 heterocycles. The molecule has 1 fully saturated rings. The van der Waals surface area contributed by atoms with Gasteiger partial charge in [-0.25, -0.2) is 0 Å². The van der Waals surface area contributed by atoms with Gasteiger partial charge in [0.25, 0.3) is 0 Å². The van der Waals surface area contributed by atoms with Gasteiger partial charge in [-0.15, -0.1) is 0 Å². The lowest BCUT2D eigenvalue weighted by Gasteiger charge is -2.15. The Morgan fingerprint density at radius 2 is 1.73 bits per heavy atom. The average Bonchev–Trinajstić information content (AvgIpc) is 2.32. The van der Waals surface area contributed by atoms with Crippen molar-refractivity contribution in [2.45, 2.75) is 38.1 Å². The molecule has 0 spiro atoms. The summed E-state index contributed by atoms with van der Waals surface area (Å²) in [5.41, 5.74) is 3.95. The lowest BCUT2D eigenvalue weighted by molar-refractivity contribution is 0.430. The number of benzene rings is 1. The summed E-state index contributed by atoms with van der Waals surface area (Å²) in [6.45, 7) is 0. The average molecular weight is 203 g/mol. The van der Waals surface area contributed by atoms with Crippen molar-refractivity contribution in [1.82, 2.24) is 0 Å². The number of anilines is 1. The summed E-state index contributed by atoms with van der Waals surface area (Å²) in [6, 6.07) is 10.4. The molecule has 1 aromatic rings. The molecule has 0 radical (unpaired) electrons. The minimum Gasteiger partial charge on any atom is -0.260 e. The molecule has 0 aliphatic heterocycles. The summed E-state index contributed by atoms with van der Waals surface area (Å²) in [6.07, 6.45) is 6.35. The maximum atomic E-state index is 4.29. The van der Waals surface area contributed by atoms with Gasteiger partial charge in [-0.3, -0.25) is 5.43 Å². The number of hydrogen-bond donors (Lipinski definition) is 1. The van der Waals surface area contributed by atoms with Gasteiger partial charge in [-0.05, 0) is 25.0 Å². The highest BCUT2D eigenvalue weighted by molar-refractivity contribution is 5.41. The monoisotopic (exact) mass is 203 g/mol. The quantitative estimate of drug-likeness (QED) is 0.588. The van der Waals surface area contributed by atoms with E-state index in [1.807, 2.05) is 30.3 Å². The zero-order valence-corrected chi connectivity index (χ0v) is 8.89. The van der Waals surface area contributed by atoms with Gasteiger partial charge >= 0.3 is 0 Å². The van der Waals surface area contributed by atoms with Crippen LogP contribution in [-0.2, 0) is 0 Å². The summed E-state index contributed by atoms with van der Waals surface area (Å²) in [5.74, 6) is 0. The highest BCUT2D eigenvalue weighted by Gasteiger charge is 2.11. The second-order valence-electron chi connectivity index (χ2n) is 3.99. The van der Waals surface area contributed by atoms with Crippen molar-refractivity contribution < 1.29 is 0 Å². The predicted molar refractivity (Wildman–Crippen MR) is 61.8 cm³/mol. The number of hydrogen-bond acceptors (Lipinski definition) is 2. The fourth-order valence-corrected chi connectivity index (χ4v) is 1.88. The first-order valence-corrected chi connectivity index (χ1v) is 5.66. The molecule has 3 heteroatoms. The van der Waals surface area contributed by atoms with Crippen LogP contribution in [0.4, 0.5) is 5.69 Å². The molecule has 1 aromatic carbocycles. The van der Waals surface area contributed by atoms with Gasteiger partial charge in [-0.1, -0.05) is 42.7 Å². The van der Waals surface area contributed by atoms with Gasteiger partial charge in [0.1, 0.15) is 0 Å². The van der Waals surface area contributed by atoms with Crippen LogP contribution >= 0.6 is 0 Å². The topological polar surface area (TPSA) is 36.8 Å². The van der Waals surface area contributed by atoms with E-state index in [2.05, 4.69) is 15.8 Å². The molecule has 0 bridgehead atoms. The van der Waals surface area contributed by atoms with E-state index in [1.165, 1.54) is 32.1 Å². The van der Waals surface area contributed by atoms with Crippen LogP contribution in [0.5, 0.6) is 0 Å². The first kappa shape index (κ1) is 10.1. The standard InChI is InChI=1S/C12H17N3/c1-3-7-11(8-4-1)13-15-14-12-9-5-2-6-10-12/h1,3-4,7-8,12H,2,5-6,9-10H2,(H,13,14). The minimum absolute atomic E-state index is 0.440. The Bertz CT molecular complexity index is 302. The van der Waals surface area contributed by atoms with E-state index >= 15 is 0 Å². The van der Waals surface area contributed by atoms with Gasteiger partial charge in [0, 0.05) is 0 Å². The third-order valence-electron chi connectivity index (χ3n) is 2.75. The first-order chi connectivity index (χ1) is 7.45. The van der Waals surface area contributed by atoms with Crippen molar-refractivity contribution in [1.29, 1.82) is 0 Å². The molecular formula is C12H17N3. The minimum atomic E-state index is 0.440.